The SMILES string of the molecule is Cc1ccc(N2C3=C(C(=O)CC(C)(C)C3)C(c3ccc(Cl)cc3)C3=C2CC(C)(C)CC3=O)cc1Cl. The number of aryl methyl sites for hydroxylation is 1. The van der Waals surface area contributed by atoms with Crippen LogP contribution < -0.4 is 4.90 Å². The Morgan fingerprint density at radius 1 is 0.771 bits per heavy atom. The number of halogens is 2. The van der Waals surface area contributed by atoms with Gasteiger partial charge in [0.15, 0.2) is 11.6 Å². The van der Waals surface area contributed by atoms with E-state index in [1.54, 1.807) is 0 Å². The van der Waals surface area contributed by atoms with E-state index in [-0.39, 0.29) is 28.3 Å². The van der Waals surface area contributed by atoms with Crippen LogP contribution in [0.25, 0.3) is 0 Å². The van der Waals surface area contributed by atoms with Crippen LogP contribution in [-0.4, -0.2) is 11.6 Å². The molecule has 2 aliphatic carbocycles. The summed E-state index contributed by atoms with van der Waals surface area (Å²) in [7, 11) is 0. The van der Waals surface area contributed by atoms with Crippen LogP contribution in [0.3, 0.4) is 0 Å². The first-order chi connectivity index (χ1) is 16.4. The second-order valence-corrected chi connectivity index (χ2v) is 12.7. The zero-order valence-electron chi connectivity index (χ0n) is 21.0. The zero-order valence-corrected chi connectivity index (χ0v) is 22.5. The molecule has 3 aliphatic rings. The monoisotopic (exact) mass is 507 g/mol. The maximum absolute atomic E-state index is 13.8. The van der Waals surface area contributed by atoms with Crippen LogP contribution in [-0.2, 0) is 9.59 Å². The number of allylic oxidation sites excluding steroid dienone is 4. The van der Waals surface area contributed by atoms with Gasteiger partial charge in [-0.05, 0) is 66.0 Å². The third-order valence-electron chi connectivity index (χ3n) is 7.53. The van der Waals surface area contributed by atoms with E-state index in [1.165, 1.54) is 0 Å². The molecular formula is C30H31Cl2NO2. The largest absolute Gasteiger partial charge is 0.317 e. The Morgan fingerprint density at radius 3 is 1.77 bits per heavy atom. The fourth-order valence-electron chi connectivity index (χ4n) is 5.99. The molecule has 35 heavy (non-hydrogen) atoms. The van der Waals surface area contributed by atoms with Crippen LogP contribution in [0.15, 0.2) is 65.0 Å². The minimum absolute atomic E-state index is 0.114. The Hall–Kier alpha value is -2.36. The second kappa shape index (κ2) is 8.35. The van der Waals surface area contributed by atoms with Crippen molar-refractivity contribution in [3.05, 3.63) is 86.2 Å². The lowest BCUT2D eigenvalue weighted by atomic mass is 9.63. The van der Waals surface area contributed by atoms with Crippen molar-refractivity contribution in [2.75, 3.05) is 4.90 Å². The molecule has 5 heteroatoms. The average molecular weight is 508 g/mol. The third-order valence-corrected chi connectivity index (χ3v) is 8.19. The first-order valence-corrected chi connectivity index (χ1v) is 13.0. The molecule has 0 fully saturated rings. The summed E-state index contributed by atoms with van der Waals surface area (Å²) in [5, 5.41) is 1.31. The number of ketones is 2. The zero-order chi connectivity index (χ0) is 25.3. The van der Waals surface area contributed by atoms with Crippen LogP contribution in [0.4, 0.5) is 5.69 Å². The number of nitrogens with zero attached hydrogens (tertiary/aromatic N) is 1. The van der Waals surface area contributed by atoms with Crippen LogP contribution in [0, 0.1) is 17.8 Å². The van der Waals surface area contributed by atoms with Crippen LogP contribution >= 0.6 is 23.2 Å². The van der Waals surface area contributed by atoms with E-state index in [1.807, 2.05) is 43.3 Å². The Labute approximate surface area is 217 Å². The van der Waals surface area contributed by atoms with Gasteiger partial charge in [-0.1, -0.05) is 69.1 Å². The van der Waals surface area contributed by atoms with Gasteiger partial charge in [-0.3, -0.25) is 9.59 Å². The van der Waals surface area contributed by atoms with Gasteiger partial charge in [0.1, 0.15) is 0 Å². The topological polar surface area (TPSA) is 37.4 Å². The number of benzene rings is 2. The van der Waals surface area contributed by atoms with Crippen molar-refractivity contribution < 1.29 is 9.59 Å². The molecule has 3 nitrogen and oxygen atoms in total. The van der Waals surface area contributed by atoms with Crippen LogP contribution in [0.2, 0.25) is 10.0 Å². The molecule has 0 amide bonds. The molecule has 0 saturated heterocycles. The molecule has 1 heterocycles. The molecule has 0 spiro atoms. The van der Waals surface area contributed by atoms with Gasteiger partial charge in [0, 0.05) is 57.0 Å². The number of hydrogen-bond acceptors (Lipinski definition) is 3. The fourth-order valence-corrected chi connectivity index (χ4v) is 6.29. The quantitative estimate of drug-likeness (QED) is 0.410. The highest BCUT2D eigenvalue weighted by Crippen LogP contribution is 2.55. The Balaban J connectivity index is 1.83. The van der Waals surface area contributed by atoms with E-state index in [0.717, 1.165) is 52.2 Å². The van der Waals surface area contributed by atoms with E-state index in [9.17, 15) is 9.59 Å². The second-order valence-electron chi connectivity index (χ2n) is 11.9. The van der Waals surface area contributed by atoms with E-state index in [0.29, 0.717) is 22.9 Å². The fraction of sp³-hybridized carbons (Fsp3) is 0.400. The highest BCUT2D eigenvalue weighted by molar-refractivity contribution is 6.31. The number of rotatable bonds is 2. The molecule has 2 aromatic carbocycles. The first kappa shape index (κ1) is 24.3. The number of Topliss-reactive ketones (excluding diaryl/α,β-unsaturated/α-hetero) is 2. The summed E-state index contributed by atoms with van der Waals surface area (Å²) in [6.45, 7) is 10.6. The minimum Gasteiger partial charge on any atom is -0.317 e. The highest BCUT2D eigenvalue weighted by Gasteiger charge is 2.49. The van der Waals surface area contributed by atoms with Gasteiger partial charge in [0.2, 0.25) is 0 Å². The van der Waals surface area contributed by atoms with Gasteiger partial charge < -0.3 is 4.90 Å². The molecule has 2 aromatic rings. The Morgan fingerprint density at radius 2 is 1.29 bits per heavy atom. The molecule has 0 saturated carbocycles. The number of hydrogen-bond donors (Lipinski definition) is 0. The molecular weight excluding hydrogens is 477 g/mol. The van der Waals surface area contributed by atoms with Gasteiger partial charge in [-0.25, -0.2) is 0 Å². The van der Waals surface area contributed by atoms with Crippen molar-refractivity contribution in [1.29, 1.82) is 0 Å². The molecule has 5 rings (SSSR count). The lowest BCUT2D eigenvalue weighted by Crippen LogP contribution is -2.44. The van der Waals surface area contributed by atoms with Gasteiger partial charge in [0.25, 0.3) is 0 Å². The summed E-state index contributed by atoms with van der Waals surface area (Å²) in [4.78, 5) is 29.9. The molecule has 0 atom stereocenters. The van der Waals surface area contributed by atoms with Crippen LogP contribution in [0.5, 0.6) is 0 Å². The lowest BCUT2D eigenvalue weighted by molar-refractivity contribution is -0.119. The summed E-state index contributed by atoms with van der Waals surface area (Å²) in [6.07, 6.45) is 2.41. The van der Waals surface area contributed by atoms with Crippen LogP contribution in [0.1, 0.15) is 70.4 Å². The number of carbonyl (C=O) groups excluding carboxylic acids is 2. The highest BCUT2D eigenvalue weighted by atomic mass is 35.5. The summed E-state index contributed by atoms with van der Waals surface area (Å²) in [5.74, 6) is -0.145. The van der Waals surface area contributed by atoms with Crippen molar-refractivity contribution in [2.24, 2.45) is 10.8 Å². The predicted molar refractivity (Wildman–Crippen MR) is 143 cm³/mol. The lowest BCUT2D eigenvalue weighted by Gasteiger charge is -2.49. The molecule has 1 aliphatic heterocycles. The molecule has 0 bridgehead atoms. The predicted octanol–water partition coefficient (Wildman–Crippen LogP) is 8.19. The maximum Gasteiger partial charge on any atom is 0.162 e. The molecule has 0 radical (unpaired) electrons. The standard InChI is InChI=1S/C30H31Cl2NO2/c1-17-6-11-20(12-21(17)32)33-22-13-29(2,3)15-24(34)27(22)26(18-7-9-19(31)10-8-18)28-23(33)14-30(4,5)16-25(28)35/h6-12,26H,13-16H2,1-5H3. The molecule has 0 aromatic heterocycles. The average Bonchev–Trinajstić information content (AvgIpc) is 2.73. The summed E-state index contributed by atoms with van der Waals surface area (Å²) >= 11 is 12.8. The van der Waals surface area contributed by atoms with E-state index >= 15 is 0 Å². The van der Waals surface area contributed by atoms with Gasteiger partial charge in [0.05, 0.1) is 0 Å². The van der Waals surface area contributed by atoms with Crippen molar-refractivity contribution in [3.8, 4) is 0 Å². The normalized spacial score (nSPS) is 21.9. The number of carbonyl (C=O) groups is 2. The van der Waals surface area contributed by atoms with Gasteiger partial charge >= 0.3 is 0 Å². The van der Waals surface area contributed by atoms with E-state index < -0.39 is 0 Å². The third kappa shape index (κ3) is 4.27. The van der Waals surface area contributed by atoms with Crippen molar-refractivity contribution >= 4 is 40.5 Å². The van der Waals surface area contributed by atoms with E-state index in [4.69, 9.17) is 23.2 Å². The van der Waals surface area contributed by atoms with Crippen molar-refractivity contribution in [3.63, 3.8) is 0 Å². The molecule has 0 N–H and O–H groups in total. The van der Waals surface area contributed by atoms with Crippen molar-refractivity contribution in [1.82, 2.24) is 0 Å². The van der Waals surface area contributed by atoms with E-state index in [2.05, 4.69) is 38.7 Å². The summed E-state index contributed by atoms with van der Waals surface area (Å²) in [5.41, 5.74) is 5.97. The van der Waals surface area contributed by atoms with Gasteiger partial charge in [-0.15, -0.1) is 0 Å². The summed E-state index contributed by atoms with van der Waals surface area (Å²) in [6, 6.07) is 13.6. The Bertz CT molecular complexity index is 1260. The number of anilines is 1. The smallest absolute Gasteiger partial charge is 0.162 e. The Kier molecular flexibility index (Phi) is 5.81. The molecule has 0 unspecified atom stereocenters. The maximum atomic E-state index is 13.8. The first-order valence-electron chi connectivity index (χ1n) is 12.2. The summed E-state index contributed by atoms with van der Waals surface area (Å²) < 4.78 is 0. The minimum atomic E-state index is -0.373. The van der Waals surface area contributed by atoms with Gasteiger partial charge in [-0.2, -0.15) is 0 Å². The molecule has 182 valence electrons. The van der Waals surface area contributed by atoms with Crippen molar-refractivity contribution in [2.45, 2.75) is 66.2 Å².